The summed E-state index contributed by atoms with van der Waals surface area (Å²) in [5, 5.41) is 2.82. The van der Waals surface area contributed by atoms with E-state index in [1.54, 1.807) is 0 Å². The fourth-order valence-electron chi connectivity index (χ4n) is 1.53. The third-order valence-corrected chi connectivity index (χ3v) is 2.37. The molecule has 56 valence electrons. The lowest BCUT2D eigenvalue weighted by molar-refractivity contribution is 1.30. The Kier molecular flexibility index (Phi) is 1.35. The molecule has 0 radical (unpaired) electrons. The van der Waals surface area contributed by atoms with Crippen LogP contribution in [-0.2, 0) is 0 Å². The molecule has 0 bridgehead atoms. The Morgan fingerprint density at radius 3 is 1.82 bits per heavy atom. The van der Waals surface area contributed by atoms with Crippen molar-refractivity contribution in [1.82, 2.24) is 0 Å². The average Bonchev–Trinajstić information content (AvgIpc) is 2.36. The Bertz CT molecular complexity index is 358. The fourth-order valence-corrected chi connectivity index (χ4v) is 1.53. The van der Waals surface area contributed by atoms with Gasteiger partial charge in [-0.25, -0.2) is 0 Å². The number of hydrogen-bond donors (Lipinski definition) is 0. The monoisotopic (exact) mass is 144 g/mol. The van der Waals surface area contributed by atoms with Crippen LogP contribution in [0.5, 0.6) is 0 Å². The second-order valence-corrected chi connectivity index (χ2v) is 3.21. The maximum Gasteiger partial charge on any atom is -0.0151 e. The van der Waals surface area contributed by atoms with E-state index in [1.807, 2.05) is 0 Å². The molecule has 0 saturated carbocycles. The van der Waals surface area contributed by atoms with Crippen molar-refractivity contribution in [2.24, 2.45) is 0 Å². The van der Waals surface area contributed by atoms with Gasteiger partial charge in [0, 0.05) is 0 Å². The Morgan fingerprint density at radius 1 is 0.909 bits per heavy atom. The molecular weight excluding hydrogens is 132 g/mol. The molecular formula is C11H12. The number of rotatable bonds is 0. The van der Waals surface area contributed by atoms with Crippen molar-refractivity contribution < 1.29 is 0 Å². The minimum atomic E-state index is 1.11. The molecule has 0 unspecified atom stereocenters. The van der Waals surface area contributed by atoms with E-state index in [0.29, 0.717) is 0 Å². The molecule has 1 aliphatic rings. The summed E-state index contributed by atoms with van der Waals surface area (Å²) < 4.78 is 0. The molecule has 0 nitrogen and oxygen atoms in total. The summed E-state index contributed by atoms with van der Waals surface area (Å²) in [5.41, 5.74) is 2.80. The second-order valence-electron chi connectivity index (χ2n) is 3.21. The van der Waals surface area contributed by atoms with Crippen molar-refractivity contribution in [2.75, 3.05) is 0 Å². The van der Waals surface area contributed by atoms with Gasteiger partial charge in [0.05, 0.1) is 0 Å². The van der Waals surface area contributed by atoms with E-state index >= 15 is 0 Å². The summed E-state index contributed by atoms with van der Waals surface area (Å²) >= 11 is 0. The number of hydrogen-bond acceptors (Lipinski definition) is 0. The quantitative estimate of drug-likeness (QED) is 0.514. The summed E-state index contributed by atoms with van der Waals surface area (Å²) in [5.74, 6) is 0. The number of aryl methyl sites for hydroxylation is 2. The maximum absolute atomic E-state index is 2.28. The molecule has 1 aromatic rings. The van der Waals surface area contributed by atoms with E-state index in [9.17, 15) is 0 Å². The minimum absolute atomic E-state index is 1.11. The van der Waals surface area contributed by atoms with Gasteiger partial charge in [-0.2, -0.15) is 0 Å². The summed E-state index contributed by atoms with van der Waals surface area (Å²) in [6, 6.07) is 4.54. The highest BCUT2D eigenvalue weighted by Gasteiger charge is 1.96. The molecule has 0 heterocycles. The van der Waals surface area contributed by atoms with E-state index in [-0.39, 0.29) is 0 Å². The SMILES string of the molecule is Cc1cc2c(cc1C)=CCC=2. The average molecular weight is 144 g/mol. The van der Waals surface area contributed by atoms with Gasteiger partial charge in [0.25, 0.3) is 0 Å². The predicted molar refractivity (Wildman–Crippen MR) is 48.7 cm³/mol. The van der Waals surface area contributed by atoms with Crippen molar-refractivity contribution in [3.8, 4) is 0 Å². The van der Waals surface area contributed by atoms with Crippen molar-refractivity contribution >= 4 is 12.2 Å². The van der Waals surface area contributed by atoms with Crippen LogP contribution in [-0.4, -0.2) is 0 Å². The molecule has 11 heavy (non-hydrogen) atoms. The highest BCUT2D eigenvalue weighted by molar-refractivity contribution is 5.48. The smallest absolute Gasteiger partial charge is 0.0151 e. The van der Waals surface area contributed by atoms with E-state index in [0.717, 1.165) is 6.42 Å². The largest absolute Gasteiger partial charge is 0.0728 e. The van der Waals surface area contributed by atoms with Gasteiger partial charge >= 0.3 is 0 Å². The molecule has 0 saturated heterocycles. The Balaban J connectivity index is 2.88. The van der Waals surface area contributed by atoms with E-state index in [2.05, 4.69) is 38.1 Å². The van der Waals surface area contributed by atoms with E-state index < -0.39 is 0 Å². The normalized spacial score (nSPS) is 13.6. The van der Waals surface area contributed by atoms with Gasteiger partial charge in [-0.15, -0.1) is 0 Å². The first-order valence-corrected chi connectivity index (χ1v) is 4.05. The lowest BCUT2D eigenvalue weighted by Gasteiger charge is -1.97. The minimum Gasteiger partial charge on any atom is -0.0728 e. The first-order valence-electron chi connectivity index (χ1n) is 4.05. The first-order chi connectivity index (χ1) is 5.27. The van der Waals surface area contributed by atoms with Crippen LogP contribution in [0, 0.1) is 13.8 Å². The molecule has 0 spiro atoms. The molecule has 1 aliphatic carbocycles. The fraction of sp³-hybridized carbons (Fsp3) is 0.273. The van der Waals surface area contributed by atoms with Gasteiger partial charge in [-0.1, -0.05) is 24.3 Å². The summed E-state index contributed by atoms with van der Waals surface area (Å²) in [6.07, 6.45) is 5.67. The number of fused-ring (bicyclic) bond motifs is 1. The van der Waals surface area contributed by atoms with Gasteiger partial charge in [0.2, 0.25) is 0 Å². The van der Waals surface area contributed by atoms with Gasteiger partial charge in [-0.3, -0.25) is 0 Å². The molecule has 0 N–H and O–H groups in total. The zero-order valence-electron chi connectivity index (χ0n) is 7.02. The van der Waals surface area contributed by atoms with Gasteiger partial charge < -0.3 is 0 Å². The van der Waals surface area contributed by atoms with Crippen molar-refractivity contribution in [3.63, 3.8) is 0 Å². The van der Waals surface area contributed by atoms with Crippen LogP contribution < -0.4 is 10.4 Å². The highest BCUT2D eigenvalue weighted by Crippen LogP contribution is 2.00. The summed E-state index contributed by atoms with van der Waals surface area (Å²) in [6.45, 7) is 4.34. The molecule has 0 atom stereocenters. The van der Waals surface area contributed by atoms with Crippen LogP contribution in [0.3, 0.4) is 0 Å². The molecule has 0 amide bonds. The standard InChI is InChI=1S/C11H12/c1-8-6-10-4-3-5-11(10)7-9(8)2/h4-7H,3H2,1-2H3. The van der Waals surface area contributed by atoms with Gasteiger partial charge in [-0.05, 0) is 41.8 Å². The van der Waals surface area contributed by atoms with Crippen molar-refractivity contribution in [3.05, 3.63) is 33.7 Å². The zero-order chi connectivity index (χ0) is 7.84. The van der Waals surface area contributed by atoms with Crippen LogP contribution in [0.25, 0.3) is 12.2 Å². The summed E-state index contributed by atoms with van der Waals surface area (Å²) in [7, 11) is 0. The van der Waals surface area contributed by atoms with Crippen LogP contribution in [0.4, 0.5) is 0 Å². The molecule has 0 aliphatic heterocycles. The third-order valence-electron chi connectivity index (χ3n) is 2.37. The third kappa shape index (κ3) is 0.988. The van der Waals surface area contributed by atoms with Crippen molar-refractivity contribution in [2.45, 2.75) is 20.3 Å². The molecule has 1 aromatic carbocycles. The zero-order valence-corrected chi connectivity index (χ0v) is 7.02. The molecule has 0 heteroatoms. The molecule has 2 rings (SSSR count). The lowest BCUT2D eigenvalue weighted by atomic mass is 10.1. The molecule has 0 aromatic heterocycles. The van der Waals surface area contributed by atoms with Crippen LogP contribution in [0.2, 0.25) is 0 Å². The number of benzene rings is 1. The Labute approximate surface area is 66.9 Å². The van der Waals surface area contributed by atoms with Crippen molar-refractivity contribution in [1.29, 1.82) is 0 Å². The van der Waals surface area contributed by atoms with Crippen LogP contribution >= 0.6 is 0 Å². The van der Waals surface area contributed by atoms with Crippen LogP contribution in [0.1, 0.15) is 17.5 Å². The first kappa shape index (κ1) is 6.66. The predicted octanol–water partition coefficient (Wildman–Crippen LogP) is 1.27. The van der Waals surface area contributed by atoms with Gasteiger partial charge in [0.1, 0.15) is 0 Å². The van der Waals surface area contributed by atoms with E-state index in [4.69, 9.17) is 0 Å². The highest BCUT2D eigenvalue weighted by atomic mass is 14.0. The summed E-state index contributed by atoms with van der Waals surface area (Å²) in [4.78, 5) is 0. The molecule has 0 fully saturated rings. The Morgan fingerprint density at radius 2 is 1.36 bits per heavy atom. The van der Waals surface area contributed by atoms with E-state index in [1.165, 1.54) is 21.6 Å². The Hall–Kier alpha value is -1.04. The van der Waals surface area contributed by atoms with Crippen LogP contribution in [0.15, 0.2) is 12.1 Å². The second kappa shape index (κ2) is 2.23. The topological polar surface area (TPSA) is 0 Å². The lowest BCUT2D eigenvalue weighted by Crippen LogP contribution is -2.21. The maximum atomic E-state index is 2.28. The van der Waals surface area contributed by atoms with Gasteiger partial charge in [0.15, 0.2) is 0 Å².